The van der Waals surface area contributed by atoms with Gasteiger partial charge in [-0.1, -0.05) is 12.2 Å². The maximum Gasteiger partial charge on any atom is 0.336 e. The van der Waals surface area contributed by atoms with Crippen LogP contribution in [0.3, 0.4) is 0 Å². The molecule has 6 nitrogen and oxygen atoms in total. The first-order valence-electron chi connectivity index (χ1n) is 5.96. The van der Waals surface area contributed by atoms with E-state index in [2.05, 4.69) is 9.98 Å². The van der Waals surface area contributed by atoms with Crippen molar-refractivity contribution in [2.75, 3.05) is 0 Å². The molecule has 0 aromatic carbocycles. The highest BCUT2D eigenvalue weighted by atomic mass is 16.4. The summed E-state index contributed by atoms with van der Waals surface area (Å²) in [5.74, 6) is -2.46. The van der Waals surface area contributed by atoms with E-state index in [-0.39, 0.29) is 11.1 Å². The maximum atomic E-state index is 11.2. The zero-order chi connectivity index (χ0) is 14.3. The van der Waals surface area contributed by atoms with Crippen molar-refractivity contribution in [3.05, 3.63) is 46.8 Å². The molecule has 2 heterocycles. The fourth-order valence-corrected chi connectivity index (χ4v) is 2.54. The fourth-order valence-electron chi connectivity index (χ4n) is 2.54. The van der Waals surface area contributed by atoms with Crippen molar-refractivity contribution >= 4 is 24.2 Å². The second-order valence-electron chi connectivity index (χ2n) is 4.52. The lowest BCUT2D eigenvalue weighted by Crippen LogP contribution is -2.24. The Balaban J connectivity index is 2.14. The Labute approximate surface area is 113 Å². The summed E-state index contributed by atoms with van der Waals surface area (Å²) >= 11 is 0. The SMILES string of the molecule is O=C(O)C1=CC=NC2c3nccc(C(=O)O)c3C=CC12. The van der Waals surface area contributed by atoms with E-state index in [0.717, 1.165) is 0 Å². The molecule has 1 aromatic rings. The van der Waals surface area contributed by atoms with E-state index < -0.39 is 23.9 Å². The highest BCUT2D eigenvalue weighted by Crippen LogP contribution is 2.40. The molecule has 6 heteroatoms. The predicted molar refractivity (Wildman–Crippen MR) is 70.7 cm³/mol. The quantitative estimate of drug-likeness (QED) is 0.849. The third-order valence-corrected chi connectivity index (χ3v) is 3.45. The molecule has 0 saturated carbocycles. The molecule has 0 radical (unpaired) electrons. The Morgan fingerprint density at radius 3 is 2.70 bits per heavy atom. The number of carbonyl (C=O) groups is 2. The summed E-state index contributed by atoms with van der Waals surface area (Å²) in [4.78, 5) is 30.9. The van der Waals surface area contributed by atoms with E-state index >= 15 is 0 Å². The first-order valence-corrected chi connectivity index (χ1v) is 5.96. The van der Waals surface area contributed by atoms with Crippen LogP contribution < -0.4 is 0 Å². The lowest BCUT2D eigenvalue weighted by molar-refractivity contribution is -0.133. The molecule has 0 bridgehead atoms. The fraction of sp³-hybridized carbons (Fsp3) is 0.143. The number of aliphatic carboxylic acids is 1. The van der Waals surface area contributed by atoms with Crippen molar-refractivity contribution in [2.24, 2.45) is 10.9 Å². The Bertz CT molecular complexity index is 703. The maximum absolute atomic E-state index is 11.2. The Morgan fingerprint density at radius 2 is 2.00 bits per heavy atom. The number of nitrogens with zero attached hydrogens (tertiary/aromatic N) is 2. The summed E-state index contributed by atoms with van der Waals surface area (Å²) < 4.78 is 0. The summed E-state index contributed by atoms with van der Waals surface area (Å²) in [6.45, 7) is 0. The van der Waals surface area contributed by atoms with Gasteiger partial charge in [-0.05, 0) is 12.1 Å². The van der Waals surface area contributed by atoms with Crippen molar-refractivity contribution in [3.63, 3.8) is 0 Å². The number of aromatic carboxylic acids is 1. The van der Waals surface area contributed by atoms with Gasteiger partial charge in [0, 0.05) is 29.5 Å². The smallest absolute Gasteiger partial charge is 0.336 e. The minimum Gasteiger partial charge on any atom is -0.478 e. The van der Waals surface area contributed by atoms with Gasteiger partial charge in [0.2, 0.25) is 0 Å². The number of aromatic nitrogens is 1. The molecule has 20 heavy (non-hydrogen) atoms. The molecule has 2 unspecified atom stereocenters. The van der Waals surface area contributed by atoms with Crippen molar-refractivity contribution in [2.45, 2.75) is 6.04 Å². The van der Waals surface area contributed by atoms with Crippen LogP contribution in [0.5, 0.6) is 0 Å². The molecule has 2 aliphatic rings. The molecule has 0 fully saturated rings. The van der Waals surface area contributed by atoms with Crippen LogP contribution in [0.15, 0.2) is 35.0 Å². The second-order valence-corrected chi connectivity index (χ2v) is 4.52. The zero-order valence-electron chi connectivity index (χ0n) is 10.2. The van der Waals surface area contributed by atoms with Crippen LogP contribution in [-0.4, -0.2) is 33.4 Å². The van der Waals surface area contributed by atoms with E-state index in [0.29, 0.717) is 11.3 Å². The number of hydrogen-bond donors (Lipinski definition) is 2. The lowest BCUT2D eigenvalue weighted by atomic mass is 9.81. The lowest BCUT2D eigenvalue weighted by Gasteiger charge is -2.28. The molecule has 2 N–H and O–H groups in total. The standard InChI is InChI=1S/C14H10N2O4/c17-13(18)9-3-5-15-11-7(9)1-2-8-10(14(19)20)4-6-16-12(8)11/h1-7,11H,(H,17,18)(H,19,20). The van der Waals surface area contributed by atoms with Crippen molar-refractivity contribution < 1.29 is 19.8 Å². The number of pyridine rings is 1. The number of rotatable bonds is 2. The van der Waals surface area contributed by atoms with Crippen molar-refractivity contribution in [3.8, 4) is 0 Å². The van der Waals surface area contributed by atoms with Gasteiger partial charge in [-0.25, -0.2) is 9.59 Å². The van der Waals surface area contributed by atoms with Gasteiger partial charge in [0.25, 0.3) is 0 Å². The van der Waals surface area contributed by atoms with Gasteiger partial charge in [-0.15, -0.1) is 0 Å². The first-order chi connectivity index (χ1) is 9.59. The first kappa shape index (κ1) is 12.3. The number of carboxylic acids is 2. The van der Waals surface area contributed by atoms with E-state index in [4.69, 9.17) is 0 Å². The molecular formula is C14H10N2O4. The average Bonchev–Trinajstić information content (AvgIpc) is 2.45. The highest BCUT2D eigenvalue weighted by molar-refractivity contribution is 5.96. The van der Waals surface area contributed by atoms with Crippen LogP contribution in [0.1, 0.15) is 27.7 Å². The largest absolute Gasteiger partial charge is 0.478 e. The van der Waals surface area contributed by atoms with Gasteiger partial charge in [0.05, 0.1) is 11.3 Å². The van der Waals surface area contributed by atoms with E-state index in [1.165, 1.54) is 24.6 Å². The van der Waals surface area contributed by atoms with E-state index in [1.807, 2.05) is 0 Å². The Hall–Kier alpha value is -2.76. The van der Waals surface area contributed by atoms with Gasteiger partial charge in [0.15, 0.2) is 0 Å². The summed E-state index contributed by atoms with van der Waals surface area (Å²) in [7, 11) is 0. The van der Waals surface area contributed by atoms with Crippen molar-refractivity contribution in [1.29, 1.82) is 0 Å². The number of dihydropyridines is 1. The summed E-state index contributed by atoms with van der Waals surface area (Å²) in [5, 5.41) is 18.4. The summed E-state index contributed by atoms with van der Waals surface area (Å²) in [6, 6.07) is 0.942. The molecule has 100 valence electrons. The number of hydrogen-bond acceptors (Lipinski definition) is 4. The van der Waals surface area contributed by atoms with Crippen LogP contribution in [0.4, 0.5) is 0 Å². The molecule has 0 spiro atoms. The number of carboxylic acid groups (broad SMARTS) is 2. The minimum absolute atomic E-state index is 0.145. The van der Waals surface area contributed by atoms with Gasteiger partial charge in [-0.3, -0.25) is 9.98 Å². The van der Waals surface area contributed by atoms with E-state index in [1.54, 1.807) is 12.2 Å². The van der Waals surface area contributed by atoms with Crippen LogP contribution in [0, 0.1) is 5.92 Å². The molecule has 1 aliphatic heterocycles. The topological polar surface area (TPSA) is 99.9 Å². The van der Waals surface area contributed by atoms with Crippen LogP contribution in [-0.2, 0) is 4.79 Å². The molecule has 3 rings (SSSR count). The number of aliphatic imine (C=N–C) groups is 1. The van der Waals surface area contributed by atoms with Gasteiger partial charge >= 0.3 is 11.9 Å². The molecule has 1 aromatic heterocycles. The van der Waals surface area contributed by atoms with Crippen LogP contribution >= 0.6 is 0 Å². The molecule has 2 atom stereocenters. The normalized spacial score (nSPS) is 22.7. The van der Waals surface area contributed by atoms with Crippen molar-refractivity contribution in [1.82, 2.24) is 4.98 Å². The molecule has 0 amide bonds. The molecular weight excluding hydrogens is 260 g/mol. The predicted octanol–water partition coefficient (Wildman–Crippen LogP) is 1.56. The summed E-state index contributed by atoms with van der Waals surface area (Å²) in [6.07, 6.45) is 7.59. The minimum atomic E-state index is -1.04. The highest BCUT2D eigenvalue weighted by Gasteiger charge is 2.35. The molecule has 1 aliphatic carbocycles. The Morgan fingerprint density at radius 1 is 1.20 bits per heavy atom. The summed E-state index contributed by atoms with van der Waals surface area (Å²) in [5.41, 5.74) is 1.37. The third kappa shape index (κ3) is 1.73. The van der Waals surface area contributed by atoms with Crippen LogP contribution in [0.25, 0.3) is 6.08 Å². The number of fused-ring (bicyclic) bond motifs is 3. The second kappa shape index (κ2) is 4.41. The average molecular weight is 270 g/mol. The third-order valence-electron chi connectivity index (χ3n) is 3.45. The van der Waals surface area contributed by atoms with Gasteiger partial charge in [-0.2, -0.15) is 0 Å². The van der Waals surface area contributed by atoms with E-state index in [9.17, 15) is 19.8 Å². The molecule has 0 saturated heterocycles. The van der Waals surface area contributed by atoms with Gasteiger partial charge in [0.1, 0.15) is 6.04 Å². The van der Waals surface area contributed by atoms with Crippen LogP contribution in [0.2, 0.25) is 0 Å². The monoisotopic (exact) mass is 270 g/mol. The zero-order valence-corrected chi connectivity index (χ0v) is 10.2. The van der Waals surface area contributed by atoms with Gasteiger partial charge < -0.3 is 10.2 Å². The number of allylic oxidation sites excluding steroid dienone is 1. The Kier molecular flexibility index (Phi) is 2.71.